The molecule has 0 aliphatic rings. The molecule has 0 N–H and O–H groups in total. The SMILES string of the molecule is CN(Cc1ccccc1)Cc1ccc(Oc2ccc3nnc(Cl)n3n2)c(-c2ccccc2)c1. The molecule has 0 aliphatic carbocycles. The Morgan fingerprint density at radius 1 is 0.818 bits per heavy atom. The van der Waals surface area contributed by atoms with Crippen LogP contribution < -0.4 is 4.74 Å². The van der Waals surface area contributed by atoms with Gasteiger partial charge in [-0.3, -0.25) is 4.90 Å². The van der Waals surface area contributed by atoms with E-state index in [0.29, 0.717) is 17.3 Å². The molecule has 6 nitrogen and oxygen atoms in total. The highest BCUT2D eigenvalue weighted by molar-refractivity contribution is 6.28. The quantitative estimate of drug-likeness (QED) is 0.307. The lowest BCUT2D eigenvalue weighted by molar-refractivity contribution is 0.319. The number of aromatic nitrogens is 4. The van der Waals surface area contributed by atoms with Crippen molar-refractivity contribution in [2.75, 3.05) is 7.05 Å². The minimum atomic E-state index is 0.190. The third-order valence-electron chi connectivity index (χ3n) is 5.29. The Labute approximate surface area is 197 Å². The second-order valence-corrected chi connectivity index (χ2v) is 8.21. The van der Waals surface area contributed by atoms with Crippen LogP contribution in [0.2, 0.25) is 5.28 Å². The van der Waals surface area contributed by atoms with Crippen LogP contribution >= 0.6 is 11.6 Å². The van der Waals surface area contributed by atoms with Crippen LogP contribution in [0.4, 0.5) is 0 Å². The summed E-state index contributed by atoms with van der Waals surface area (Å²) in [5.41, 5.74) is 5.12. The summed E-state index contributed by atoms with van der Waals surface area (Å²) in [6.45, 7) is 1.69. The molecule has 0 bridgehead atoms. The van der Waals surface area contributed by atoms with E-state index in [2.05, 4.69) is 75.8 Å². The summed E-state index contributed by atoms with van der Waals surface area (Å²) in [4.78, 5) is 2.30. The topological polar surface area (TPSA) is 55.5 Å². The monoisotopic (exact) mass is 455 g/mol. The van der Waals surface area contributed by atoms with Crippen molar-refractivity contribution in [2.45, 2.75) is 13.1 Å². The van der Waals surface area contributed by atoms with Crippen LogP contribution in [0.25, 0.3) is 16.8 Å². The molecule has 0 spiro atoms. The molecule has 0 aliphatic heterocycles. The van der Waals surface area contributed by atoms with Gasteiger partial charge < -0.3 is 4.74 Å². The van der Waals surface area contributed by atoms with Crippen LogP contribution in [0.5, 0.6) is 11.6 Å². The minimum Gasteiger partial charge on any atom is -0.437 e. The van der Waals surface area contributed by atoms with Gasteiger partial charge in [-0.15, -0.1) is 15.3 Å². The molecule has 0 unspecified atom stereocenters. The molecular formula is C26H22ClN5O. The molecule has 0 radical (unpaired) electrons. The van der Waals surface area contributed by atoms with E-state index in [4.69, 9.17) is 16.3 Å². The Morgan fingerprint density at radius 2 is 1.55 bits per heavy atom. The lowest BCUT2D eigenvalue weighted by atomic mass is 10.0. The molecule has 0 saturated heterocycles. The second kappa shape index (κ2) is 9.40. The molecule has 0 atom stereocenters. The average Bonchev–Trinajstić information content (AvgIpc) is 3.21. The number of benzene rings is 3. The highest BCUT2D eigenvalue weighted by Crippen LogP contribution is 2.34. The fourth-order valence-corrected chi connectivity index (χ4v) is 3.95. The van der Waals surface area contributed by atoms with Gasteiger partial charge in [0, 0.05) is 24.7 Å². The Hall–Kier alpha value is -3.74. The standard InChI is InChI=1S/C26H22ClN5O/c1-31(17-19-8-4-2-5-9-19)18-20-12-13-23(22(16-20)21-10-6-3-7-11-21)33-25-15-14-24-28-29-26(27)32(24)30-25/h2-16H,17-18H2,1H3. The molecule has 0 fully saturated rings. The van der Waals surface area contributed by atoms with Gasteiger partial charge >= 0.3 is 0 Å². The van der Waals surface area contributed by atoms with Gasteiger partial charge in [-0.1, -0.05) is 66.7 Å². The fourth-order valence-electron chi connectivity index (χ4n) is 3.78. The van der Waals surface area contributed by atoms with E-state index in [1.165, 1.54) is 15.6 Å². The van der Waals surface area contributed by atoms with Crippen LogP contribution in [0.3, 0.4) is 0 Å². The van der Waals surface area contributed by atoms with E-state index in [0.717, 1.165) is 24.2 Å². The number of hydrogen-bond donors (Lipinski definition) is 0. The van der Waals surface area contributed by atoms with Crippen molar-refractivity contribution in [3.05, 3.63) is 107 Å². The molecule has 33 heavy (non-hydrogen) atoms. The zero-order valence-corrected chi connectivity index (χ0v) is 18.9. The highest BCUT2D eigenvalue weighted by Gasteiger charge is 2.13. The number of fused-ring (bicyclic) bond motifs is 1. The summed E-state index contributed by atoms with van der Waals surface area (Å²) in [6.07, 6.45) is 0. The van der Waals surface area contributed by atoms with Crippen LogP contribution in [-0.4, -0.2) is 31.8 Å². The normalized spacial score (nSPS) is 11.2. The molecule has 5 aromatic rings. The summed E-state index contributed by atoms with van der Waals surface area (Å²) in [6, 6.07) is 30.5. The summed E-state index contributed by atoms with van der Waals surface area (Å²) in [5.74, 6) is 1.13. The van der Waals surface area contributed by atoms with Gasteiger partial charge in [-0.2, -0.15) is 4.52 Å². The first-order chi connectivity index (χ1) is 16.2. The molecular weight excluding hydrogens is 434 g/mol. The number of ether oxygens (including phenoxy) is 1. The third-order valence-corrected chi connectivity index (χ3v) is 5.53. The van der Waals surface area contributed by atoms with Gasteiger partial charge in [0.15, 0.2) is 5.65 Å². The van der Waals surface area contributed by atoms with Crippen molar-refractivity contribution >= 4 is 17.2 Å². The molecule has 7 heteroatoms. The summed E-state index contributed by atoms with van der Waals surface area (Å²) in [5, 5.41) is 12.4. The fraction of sp³-hybridized carbons (Fsp3) is 0.115. The van der Waals surface area contributed by atoms with Crippen molar-refractivity contribution in [1.82, 2.24) is 24.7 Å². The maximum atomic E-state index is 6.19. The summed E-state index contributed by atoms with van der Waals surface area (Å²) >= 11 is 6.07. The van der Waals surface area contributed by atoms with E-state index in [9.17, 15) is 0 Å². The molecule has 164 valence electrons. The largest absolute Gasteiger partial charge is 0.437 e. The number of nitrogens with zero attached hydrogens (tertiary/aromatic N) is 5. The van der Waals surface area contributed by atoms with E-state index >= 15 is 0 Å². The van der Waals surface area contributed by atoms with Crippen molar-refractivity contribution in [3.8, 4) is 22.8 Å². The Balaban J connectivity index is 1.44. The zero-order valence-electron chi connectivity index (χ0n) is 18.1. The first kappa shape index (κ1) is 21.1. The lowest BCUT2D eigenvalue weighted by Gasteiger charge is -2.18. The maximum Gasteiger partial charge on any atom is 0.246 e. The van der Waals surface area contributed by atoms with Crippen molar-refractivity contribution in [3.63, 3.8) is 0 Å². The van der Waals surface area contributed by atoms with Crippen LogP contribution in [0, 0.1) is 0 Å². The van der Waals surface area contributed by atoms with Crippen LogP contribution in [0.1, 0.15) is 11.1 Å². The number of hydrogen-bond acceptors (Lipinski definition) is 5. The Morgan fingerprint density at radius 3 is 2.33 bits per heavy atom. The van der Waals surface area contributed by atoms with Crippen LogP contribution in [0.15, 0.2) is 91.0 Å². The average molecular weight is 456 g/mol. The van der Waals surface area contributed by atoms with E-state index < -0.39 is 0 Å². The van der Waals surface area contributed by atoms with Crippen molar-refractivity contribution < 1.29 is 4.74 Å². The smallest absolute Gasteiger partial charge is 0.246 e. The Kier molecular flexibility index (Phi) is 6.02. The summed E-state index contributed by atoms with van der Waals surface area (Å²) in [7, 11) is 2.13. The predicted molar refractivity (Wildman–Crippen MR) is 129 cm³/mol. The van der Waals surface area contributed by atoms with Gasteiger partial charge in [0.2, 0.25) is 11.2 Å². The highest BCUT2D eigenvalue weighted by atomic mass is 35.5. The van der Waals surface area contributed by atoms with E-state index in [1.807, 2.05) is 30.3 Å². The number of rotatable bonds is 7. The molecule has 3 aromatic carbocycles. The van der Waals surface area contributed by atoms with E-state index in [1.54, 1.807) is 12.1 Å². The van der Waals surface area contributed by atoms with Gasteiger partial charge in [0.1, 0.15) is 5.75 Å². The van der Waals surface area contributed by atoms with Crippen molar-refractivity contribution in [2.24, 2.45) is 0 Å². The molecule has 2 heterocycles. The second-order valence-electron chi connectivity index (χ2n) is 7.87. The molecule has 2 aromatic heterocycles. The van der Waals surface area contributed by atoms with Gasteiger partial charge in [-0.05, 0) is 53.5 Å². The van der Waals surface area contributed by atoms with Gasteiger partial charge in [0.25, 0.3) is 0 Å². The van der Waals surface area contributed by atoms with Gasteiger partial charge in [0.05, 0.1) is 0 Å². The first-order valence-electron chi connectivity index (χ1n) is 10.6. The molecule has 5 rings (SSSR count). The minimum absolute atomic E-state index is 0.190. The van der Waals surface area contributed by atoms with Gasteiger partial charge in [-0.25, -0.2) is 0 Å². The van der Waals surface area contributed by atoms with E-state index in [-0.39, 0.29) is 5.28 Å². The zero-order chi connectivity index (χ0) is 22.6. The Bertz CT molecular complexity index is 1370. The molecule has 0 saturated carbocycles. The first-order valence-corrected chi connectivity index (χ1v) is 11.0. The lowest BCUT2D eigenvalue weighted by Crippen LogP contribution is -2.17. The third kappa shape index (κ3) is 4.87. The summed E-state index contributed by atoms with van der Waals surface area (Å²) < 4.78 is 7.64. The number of halogens is 1. The predicted octanol–water partition coefficient (Wildman–Crippen LogP) is 5.87. The van der Waals surface area contributed by atoms with Crippen molar-refractivity contribution in [1.29, 1.82) is 0 Å². The van der Waals surface area contributed by atoms with Crippen LogP contribution in [-0.2, 0) is 13.1 Å². The maximum absolute atomic E-state index is 6.19. The molecule has 0 amide bonds.